The molecule has 0 amide bonds. The molecule has 1 saturated carbocycles. The number of nitrogens with zero attached hydrogens (tertiary/aromatic N) is 2. The first-order valence-corrected chi connectivity index (χ1v) is 5.10. The van der Waals surface area contributed by atoms with E-state index in [1.165, 1.54) is 32.1 Å². The van der Waals surface area contributed by atoms with Crippen molar-refractivity contribution in [1.82, 2.24) is 4.90 Å². The van der Waals surface area contributed by atoms with Gasteiger partial charge < -0.3 is 5.11 Å². The van der Waals surface area contributed by atoms with E-state index in [1.807, 2.05) is 0 Å². The summed E-state index contributed by atoms with van der Waals surface area (Å²) in [7, 11) is 0. The fraction of sp³-hybridized carbons (Fsp3) is 0.900. The topological polar surface area (TPSA) is 47.3 Å². The molecular formula is C10H18N2O. The van der Waals surface area contributed by atoms with Crippen molar-refractivity contribution < 1.29 is 5.11 Å². The van der Waals surface area contributed by atoms with Gasteiger partial charge in [-0.2, -0.15) is 5.26 Å². The maximum Gasteiger partial charge on any atom is 0.0869 e. The Hall–Kier alpha value is -0.590. The average molecular weight is 182 g/mol. The Balaban J connectivity index is 2.37. The highest BCUT2D eigenvalue weighted by atomic mass is 16.3. The molecule has 3 heteroatoms. The molecule has 13 heavy (non-hydrogen) atoms. The zero-order valence-corrected chi connectivity index (χ0v) is 8.08. The van der Waals surface area contributed by atoms with Crippen molar-refractivity contribution >= 4 is 0 Å². The van der Waals surface area contributed by atoms with Crippen molar-refractivity contribution in [3.63, 3.8) is 0 Å². The lowest BCUT2D eigenvalue weighted by Crippen LogP contribution is -2.38. The van der Waals surface area contributed by atoms with E-state index < -0.39 is 0 Å². The molecule has 3 nitrogen and oxygen atoms in total. The predicted molar refractivity (Wildman–Crippen MR) is 51.1 cm³/mol. The largest absolute Gasteiger partial charge is 0.395 e. The molecule has 0 unspecified atom stereocenters. The average Bonchev–Trinajstić information content (AvgIpc) is 2.19. The van der Waals surface area contributed by atoms with Crippen molar-refractivity contribution in [2.45, 2.75) is 38.1 Å². The molecule has 0 bridgehead atoms. The first-order valence-electron chi connectivity index (χ1n) is 5.10. The van der Waals surface area contributed by atoms with Gasteiger partial charge >= 0.3 is 0 Å². The monoisotopic (exact) mass is 182 g/mol. The first-order chi connectivity index (χ1) is 6.38. The van der Waals surface area contributed by atoms with Crippen LogP contribution in [0.25, 0.3) is 0 Å². The number of hydrogen-bond acceptors (Lipinski definition) is 3. The summed E-state index contributed by atoms with van der Waals surface area (Å²) in [5.41, 5.74) is 0. The zero-order chi connectivity index (χ0) is 9.52. The van der Waals surface area contributed by atoms with Crippen molar-refractivity contribution in [1.29, 1.82) is 5.26 Å². The summed E-state index contributed by atoms with van der Waals surface area (Å²) < 4.78 is 0. The molecule has 74 valence electrons. The Morgan fingerprint density at radius 1 is 1.31 bits per heavy atom. The molecule has 0 saturated heterocycles. The molecule has 0 heterocycles. The van der Waals surface area contributed by atoms with E-state index >= 15 is 0 Å². The fourth-order valence-electron chi connectivity index (χ4n) is 2.06. The number of nitriles is 1. The van der Waals surface area contributed by atoms with Crippen LogP contribution in [0.2, 0.25) is 0 Å². The Labute approximate surface area is 80.0 Å². The van der Waals surface area contributed by atoms with Crippen LogP contribution in [0.3, 0.4) is 0 Å². The van der Waals surface area contributed by atoms with Crippen LogP contribution in [0.5, 0.6) is 0 Å². The summed E-state index contributed by atoms with van der Waals surface area (Å²) >= 11 is 0. The number of aliphatic hydroxyl groups excluding tert-OH is 1. The fourth-order valence-corrected chi connectivity index (χ4v) is 2.06. The molecule has 0 atom stereocenters. The number of aliphatic hydroxyl groups is 1. The van der Waals surface area contributed by atoms with Gasteiger partial charge in [0.05, 0.1) is 19.2 Å². The molecule has 1 aliphatic rings. The molecule has 0 aromatic rings. The Bertz CT molecular complexity index is 170. The Morgan fingerprint density at radius 3 is 2.54 bits per heavy atom. The molecule has 0 spiro atoms. The molecule has 0 aromatic heterocycles. The van der Waals surface area contributed by atoms with Crippen LogP contribution in [-0.2, 0) is 0 Å². The van der Waals surface area contributed by atoms with Gasteiger partial charge in [0.1, 0.15) is 0 Å². The first kappa shape index (κ1) is 10.5. The second-order valence-corrected chi connectivity index (χ2v) is 3.64. The quantitative estimate of drug-likeness (QED) is 0.663. The van der Waals surface area contributed by atoms with E-state index in [2.05, 4.69) is 11.0 Å². The van der Waals surface area contributed by atoms with E-state index in [0.717, 1.165) is 0 Å². The van der Waals surface area contributed by atoms with Crippen LogP contribution < -0.4 is 0 Å². The van der Waals surface area contributed by atoms with Crippen molar-refractivity contribution in [3.8, 4) is 6.07 Å². The lowest BCUT2D eigenvalue weighted by atomic mass is 9.94. The highest BCUT2D eigenvalue weighted by molar-refractivity contribution is 4.83. The van der Waals surface area contributed by atoms with Gasteiger partial charge in [-0.25, -0.2) is 0 Å². The number of rotatable bonds is 4. The van der Waals surface area contributed by atoms with Gasteiger partial charge in [0, 0.05) is 12.6 Å². The van der Waals surface area contributed by atoms with Crippen molar-refractivity contribution in [2.75, 3.05) is 19.7 Å². The van der Waals surface area contributed by atoms with Gasteiger partial charge in [0.15, 0.2) is 0 Å². The molecule has 1 N–H and O–H groups in total. The van der Waals surface area contributed by atoms with Crippen LogP contribution in [0, 0.1) is 11.3 Å². The third-order valence-corrected chi connectivity index (χ3v) is 2.75. The van der Waals surface area contributed by atoms with Gasteiger partial charge in [-0.3, -0.25) is 4.90 Å². The molecule has 1 rings (SSSR count). The standard InChI is InChI=1S/C10H18N2O/c11-6-7-12(8-9-13)10-4-2-1-3-5-10/h10,13H,1-5,7-9H2. The molecule has 1 aliphatic carbocycles. The van der Waals surface area contributed by atoms with Crippen LogP contribution >= 0.6 is 0 Å². The molecule has 1 fully saturated rings. The van der Waals surface area contributed by atoms with Crippen LogP contribution in [0.4, 0.5) is 0 Å². The molecule has 0 aromatic carbocycles. The maximum atomic E-state index is 8.84. The molecule has 0 radical (unpaired) electrons. The Morgan fingerprint density at radius 2 is 2.00 bits per heavy atom. The maximum absolute atomic E-state index is 8.84. The van der Waals surface area contributed by atoms with E-state index in [-0.39, 0.29) is 6.61 Å². The van der Waals surface area contributed by atoms with Gasteiger partial charge in [-0.1, -0.05) is 19.3 Å². The predicted octanol–water partition coefficient (Wildman–Crippen LogP) is 1.14. The summed E-state index contributed by atoms with van der Waals surface area (Å²) in [6.45, 7) is 1.28. The van der Waals surface area contributed by atoms with Gasteiger partial charge in [-0.05, 0) is 12.8 Å². The van der Waals surface area contributed by atoms with E-state index in [0.29, 0.717) is 19.1 Å². The van der Waals surface area contributed by atoms with E-state index in [4.69, 9.17) is 10.4 Å². The highest BCUT2D eigenvalue weighted by Crippen LogP contribution is 2.21. The van der Waals surface area contributed by atoms with E-state index in [1.54, 1.807) is 0 Å². The van der Waals surface area contributed by atoms with Crippen LogP contribution in [-0.4, -0.2) is 35.7 Å². The summed E-state index contributed by atoms with van der Waals surface area (Å²) in [4.78, 5) is 2.11. The van der Waals surface area contributed by atoms with E-state index in [9.17, 15) is 0 Å². The van der Waals surface area contributed by atoms with Gasteiger partial charge in [0.2, 0.25) is 0 Å². The highest BCUT2D eigenvalue weighted by Gasteiger charge is 2.19. The smallest absolute Gasteiger partial charge is 0.0869 e. The summed E-state index contributed by atoms with van der Waals surface area (Å²) in [6, 6.07) is 2.71. The summed E-state index contributed by atoms with van der Waals surface area (Å²) in [6.07, 6.45) is 6.27. The summed E-state index contributed by atoms with van der Waals surface area (Å²) in [5.74, 6) is 0. The van der Waals surface area contributed by atoms with Crippen molar-refractivity contribution in [2.24, 2.45) is 0 Å². The minimum atomic E-state index is 0.165. The lowest BCUT2D eigenvalue weighted by molar-refractivity contribution is 0.138. The summed E-state index contributed by atoms with van der Waals surface area (Å²) in [5, 5.41) is 17.5. The van der Waals surface area contributed by atoms with Crippen molar-refractivity contribution in [3.05, 3.63) is 0 Å². The van der Waals surface area contributed by atoms with Gasteiger partial charge in [-0.15, -0.1) is 0 Å². The zero-order valence-electron chi connectivity index (χ0n) is 8.08. The minimum absolute atomic E-state index is 0.165. The van der Waals surface area contributed by atoms with Crippen LogP contribution in [0.15, 0.2) is 0 Å². The lowest BCUT2D eigenvalue weighted by Gasteiger charge is -2.31. The second kappa shape index (κ2) is 5.95. The number of hydrogen-bond donors (Lipinski definition) is 1. The third kappa shape index (κ3) is 3.33. The second-order valence-electron chi connectivity index (χ2n) is 3.64. The Kier molecular flexibility index (Phi) is 4.81. The van der Waals surface area contributed by atoms with Gasteiger partial charge in [0.25, 0.3) is 0 Å². The molecule has 0 aliphatic heterocycles. The third-order valence-electron chi connectivity index (χ3n) is 2.75. The normalized spacial score (nSPS) is 18.8. The SMILES string of the molecule is N#CCN(CCO)C1CCCCC1. The minimum Gasteiger partial charge on any atom is -0.395 e. The molecular weight excluding hydrogens is 164 g/mol. The van der Waals surface area contributed by atoms with Crippen LogP contribution in [0.1, 0.15) is 32.1 Å².